The van der Waals surface area contributed by atoms with Crippen LogP contribution in [-0.2, 0) is 14.3 Å². The fourth-order valence-corrected chi connectivity index (χ4v) is 4.38. The highest BCUT2D eigenvalue weighted by Gasteiger charge is 2.30. The zero-order chi connectivity index (χ0) is 16.8. The lowest BCUT2D eigenvalue weighted by Crippen LogP contribution is -2.47. The van der Waals surface area contributed by atoms with Crippen molar-refractivity contribution < 1.29 is 14.3 Å². The standard InChI is InChI=1S/C19H32N2O3/c22-18(7-6-16-4-2-1-3-5-16)20-10-8-17(9-11-20)19(23)21-12-14-24-15-13-21/h16-17H,1-15H2. The fraction of sp³-hybridized carbons (Fsp3) is 0.895. The van der Waals surface area contributed by atoms with Gasteiger partial charge in [-0.05, 0) is 25.2 Å². The number of morpholine rings is 1. The van der Waals surface area contributed by atoms with Crippen LogP contribution in [0.2, 0.25) is 0 Å². The van der Waals surface area contributed by atoms with Crippen molar-refractivity contribution in [2.75, 3.05) is 39.4 Å². The number of ether oxygens (including phenoxy) is 1. The van der Waals surface area contributed by atoms with Crippen LogP contribution in [0.3, 0.4) is 0 Å². The van der Waals surface area contributed by atoms with Gasteiger partial charge in [-0.1, -0.05) is 32.1 Å². The maximum atomic E-state index is 12.5. The summed E-state index contributed by atoms with van der Waals surface area (Å²) in [4.78, 5) is 28.9. The molecule has 0 aromatic rings. The molecule has 5 heteroatoms. The Kier molecular flexibility index (Phi) is 6.52. The molecule has 0 bridgehead atoms. The molecule has 136 valence electrons. The summed E-state index contributed by atoms with van der Waals surface area (Å²) in [5.74, 6) is 1.44. The second-order valence-corrected chi connectivity index (χ2v) is 7.64. The molecule has 2 aliphatic heterocycles. The Morgan fingerprint density at radius 2 is 1.50 bits per heavy atom. The molecular formula is C19H32N2O3. The van der Waals surface area contributed by atoms with Gasteiger partial charge in [-0.2, -0.15) is 0 Å². The van der Waals surface area contributed by atoms with Crippen LogP contribution in [0.5, 0.6) is 0 Å². The third-order valence-electron chi connectivity index (χ3n) is 6.01. The van der Waals surface area contributed by atoms with Crippen molar-refractivity contribution in [2.24, 2.45) is 11.8 Å². The van der Waals surface area contributed by atoms with Crippen LogP contribution in [-0.4, -0.2) is 61.0 Å². The predicted molar refractivity (Wildman–Crippen MR) is 92.5 cm³/mol. The average molecular weight is 336 g/mol. The Bertz CT molecular complexity index is 420. The van der Waals surface area contributed by atoms with E-state index in [4.69, 9.17) is 4.74 Å². The van der Waals surface area contributed by atoms with Gasteiger partial charge in [0.2, 0.25) is 11.8 Å². The Morgan fingerprint density at radius 1 is 0.833 bits per heavy atom. The number of rotatable bonds is 4. The summed E-state index contributed by atoms with van der Waals surface area (Å²) in [7, 11) is 0. The van der Waals surface area contributed by atoms with E-state index in [-0.39, 0.29) is 11.8 Å². The van der Waals surface area contributed by atoms with Gasteiger partial charge in [0.1, 0.15) is 0 Å². The Labute approximate surface area is 145 Å². The molecule has 0 aromatic heterocycles. The van der Waals surface area contributed by atoms with Gasteiger partial charge in [0.15, 0.2) is 0 Å². The van der Waals surface area contributed by atoms with Gasteiger partial charge in [0.05, 0.1) is 13.2 Å². The lowest BCUT2D eigenvalue weighted by molar-refractivity contribution is -0.143. The maximum Gasteiger partial charge on any atom is 0.225 e. The van der Waals surface area contributed by atoms with Gasteiger partial charge in [-0.25, -0.2) is 0 Å². The van der Waals surface area contributed by atoms with E-state index in [0.29, 0.717) is 25.5 Å². The summed E-state index contributed by atoms with van der Waals surface area (Å²) in [5, 5.41) is 0. The van der Waals surface area contributed by atoms with Crippen LogP contribution in [0.4, 0.5) is 0 Å². The zero-order valence-corrected chi connectivity index (χ0v) is 14.9. The van der Waals surface area contributed by atoms with Crippen LogP contribution < -0.4 is 0 Å². The van der Waals surface area contributed by atoms with Crippen molar-refractivity contribution >= 4 is 11.8 Å². The minimum atomic E-state index is 0.102. The Hall–Kier alpha value is -1.10. The maximum absolute atomic E-state index is 12.5. The topological polar surface area (TPSA) is 49.9 Å². The number of carbonyl (C=O) groups is 2. The van der Waals surface area contributed by atoms with Crippen molar-refractivity contribution in [1.29, 1.82) is 0 Å². The molecule has 2 amide bonds. The van der Waals surface area contributed by atoms with Gasteiger partial charge >= 0.3 is 0 Å². The number of piperidine rings is 1. The van der Waals surface area contributed by atoms with Gasteiger partial charge in [-0.3, -0.25) is 9.59 Å². The molecule has 0 radical (unpaired) electrons. The van der Waals surface area contributed by atoms with E-state index in [1.807, 2.05) is 9.80 Å². The van der Waals surface area contributed by atoms with E-state index in [1.165, 1.54) is 32.1 Å². The number of amides is 2. The first-order valence-corrected chi connectivity index (χ1v) is 9.88. The van der Waals surface area contributed by atoms with Crippen LogP contribution in [0.1, 0.15) is 57.8 Å². The number of carbonyl (C=O) groups excluding carboxylic acids is 2. The highest BCUT2D eigenvalue weighted by molar-refractivity contribution is 5.80. The molecule has 0 unspecified atom stereocenters. The highest BCUT2D eigenvalue weighted by atomic mass is 16.5. The van der Waals surface area contributed by atoms with E-state index in [0.717, 1.165) is 51.4 Å². The molecule has 2 saturated heterocycles. The molecule has 0 N–H and O–H groups in total. The van der Waals surface area contributed by atoms with E-state index in [2.05, 4.69) is 0 Å². The second kappa shape index (κ2) is 8.84. The molecule has 3 rings (SSSR count). The van der Waals surface area contributed by atoms with Crippen molar-refractivity contribution in [3.63, 3.8) is 0 Å². The summed E-state index contributed by atoms with van der Waals surface area (Å²) in [5.41, 5.74) is 0. The molecule has 1 aliphatic carbocycles. The fourth-order valence-electron chi connectivity index (χ4n) is 4.38. The molecule has 2 heterocycles. The number of nitrogens with zero attached hydrogens (tertiary/aromatic N) is 2. The van der Waals surface area contributed by atoms with Gasteiger partial charge in [0.25, 0.3) is 0 Å². The average Bonchev–Trinajstić information content (AvgIpc) is 2.67. The smallest absolute Gasteiger partial charge is 0.225 e. The Balaban J connectivity index is 1.37. The molecule has 1 saturated carbocycles. The zero-order valence-electron chi connectivity index (χ0n) is 14.9. The van der Waals surface area contributed by atoms with Gasteiger partial charge < -0.3 is 14.5 Å². The third kappa shape index (κ3) is 4.71. The first kappa shape index (κ1) is 17.7. The predicted octanol–water partition coefficient (Wildman–Crippen LogP) is 2.44. The highest BCUT2D eigenvalue weighted by Crippen LogP contribution is 2.28. The second-order valence-electron chi connectivity index (χ2n) is 7.64. The van der Waals surface area contributed by atoms with E-state index < -0.39 is 0 Å². The number of hydrogen-bond acceptors (Lipinski definition) is 3. The van der Waals surface area contributed by atoms with Crippen molar-refractivity contribution in [3.8, 4) is 0 Å². The lowest BCUT2D eigenvalue weighted by Gasteiger charge is -2.35. The molecule has 3 aliphatic rings. The van der Waals surface area contributed by atoms with Gasteiger partial charge in [-0.15, -0.1) is 0 Å². The largest absolute Gasteiger partial charge is 0.378 e. The van der Waals surface area contributed by atoms with E-state index in [9.17, 15) is 9.59 Å². The van der Waals surface area contributed by atoms with Crippen LogP contribution in [0.25, 0.3) is 0 Å². The van der Waals surface area contributed by atoms with Crippen LogP contribution in [0.15, 0.2) is 0 Å². The van der Waals surface area contributed by atoms with Gasteiger partial charge in [0, 0.05) is 38.5 Å². The van der Waals surface area contributed by atoms with E-state index in [1.54, 1.807) is 0 Å². The van der Waals surface area contributed by atoms with Crippen molar-refractivity contribution in [3.05, 3.63) is 0 Å². The molecule has 5 nitrogen and oxygen atoms in total. The summed E-state index contributed by atoms with van der Waals surface area (Å²) in [6.45, 7) is 4.27. The molecule has 0 atom stereocenters. The quantitative estimate of drug-likeness (QED) is 0.792. The van der Waals surface area contributed by atoms with Crippen LogP contribution >= 0.6 is 0 Å². The minimum Gasteiger partial charge on any atom is -0.378 e. The lowest BCUT2D eigenvalue weighted by atomic mass is 9.86. The minimum absolute atomic E-state index is 0.102. The summed E-state index contributed by atoms with van der Waals surface area (Å²) < 4.78 is 5.32. The summed E-state index contributed by atoms with van der Waals surface area (Å²) in [6, 6.07) is 0. The first-order chi connectivity index (χ1) is 11.7. The number of hydrogen-bond donors (Lipinski definition) is 0. The SMILES string of the molecule is O=C(CCC1CCCCC1)N1CCC(C(=O)N2CCOCC2)CC1. The third-order valence-corrected chi connectivity index (χ3v) is 6.01. The van der Waals surface area contributed by atoms with Crippen LogP contribution in [0, 0.1) is 11.8 Å². The molecule has 0 aromatic carbocycles. The molecule has 24 heavy (non-hydrogen) atoms. The summed E-state index contributed by atoms with van der Waals surface area (Å²) in [6.07, 6.45) is 10.1. The molecular weight excluding hydrogens is 304 g/mol. The first-order valence-electron chi connectivity index (χ1n) is 9.88. The normalized spacial score (nSPS) is 24.2. The van der Waals surface area contributed by atoms with Crippen molar-refractivity contribution in [1.82, 2.24) is 9.80 Å². The van der Waals surface area contributed by atoms with Crippen molar-refractivity contribution in [2.45, 2.75) is 57.8 Å². The Morgan fingerprint density at radius 3 is 2.17 bits per heavy atom. The monoisotopic (exact) mass is 336 g/mol. The molecule has 0 spiro atoms. The van der Waals surface area contributed by atoms with E-state index >= 15 is 0 Å². The summed E-state index contributed by atoms with van der Waals surface area (Å²) >= 11 is 0. The number of likely N-dealkylation sites (tertiary alicyclic amines) is 1. The molecule has 3 fully saturated rings.